The fourth-order valence-electron chi connectivity index (χ4n) is 2.22. The van der Waals surface area contributed by atoms with Crippen LogP contribution in [0.2, 0.25) is 0 Å². The van der Waals surface area contributed by atoms with Crippen LogP contribution in [0.4, 0.5) is 4.79 Å². The summed E-state index contributed by atoms with van der Waals surface area (Å²) in [5.74, 6) is 1.56. The molecule has 1 saturated heterocycles. The molecule has 0 spiro atoms. The quantitative estimate of drug-likeness (QED) is 0.740. The normalized spacial score (nSPS) is 24.7. The summed E-state index contributed by atoms with van der Waals surface area (Å²) in [4.78, 5) is 24.8. The molecule has 5 heteroatoms. The number of carbonyl (C=O) groups is 2. The van der Waals surface area contributed by atoms with Crippen molar-refractivity contribution in [3.05, 3.63) is 0 Å². The Morgan fingerprint density at radius 2 is 2.06 bits per heavy atom. The summed E-state index contributed by atoms with van der Waals surface area (Å²) in [5.41, 5.74) is -0.837. The van der Waals surface area contributed by atoms with Gasteiger partial charge in [-0.3, -0.25) is 4.79 Å². The number of hydrogen-bond donors (Lipinski definition) is 2. The van der Waals surface area contributed by atoms with Crippen LogP contribution in [-0.4, -0.2) is 41.1 Å². The maximum absolute atomic E-state index is 11.9. The minimum atomic E-state index is -0.837. The highest BCUT2D eigenvalue weighted by atomic mass is 16.4. The fraction of sp³-hybridized carbons (Fsp3) is 0.692. The summed E-state index contributed by atoms with van der Waals surface area (Å²) in [7, 11) is 0. The highest BCUT2D eigenvalue weighted by molar-refractivity contribution is 5.80. The number of likely N-dealkylation sites (tertiary alicyclic amines) is 1. The van der Waals surface area contributed by atoms with Gasteiger partial charge in [-0.2, -0.15) is 0 Å². The third kappa shape index (κ3) is 2.58. The van der Waals surface area contributed by atoms with Crippen molar-refractivity contribution < 1.29 is 14.7 Å². The lowest BCUT2D eigenvalue weighted by Gasteiger charge is -2.28. The predicted molar refractivity (Wildman–Crippen MR) is 67.9 cm³/mol. The summed E-state index contributed by atoms with van der Waals surface area (Å²) in [6.45, 7) is 6.15. The van der Waals surface area contributed by atoms with Crippen molar-refractivity contribution in [3.8, 4) is 12.3 Å². The fourth-order valence-corrected chi connectivity index (χ4v) is 2.22. The number of rotatable bonds is 3. The number of carboxylic acid groups (broad SMARTS) is 1. The number of urea groups is 1. The van der Waals surface area contributed by atoms with Crippen LogP contribution < -0.4 is 5.32 Å². The summed E-state index contributed by atoms with van der Waals surface area (Å²) >= 11 is 0. The molecule has 2 unspecified atom stereocenters. The average molecular weight is 252 g/mol. The van der Waals surface area contributed by atoms with E-state index in [9.17, 15) is 14.7 Å². The summed E-state index contributed by atoms with van der Waals surface area (Å²) < 4.78 is 0. The lowest BCUT2D eigenvalue weighted by Crippen LogP contribution is -2.45. The van der Waals surface area contributed by atoms with Gasteiger partial charge in [-0.25, -0.2) is 4.79 Å². The molecule has 0 radical (unpaired) electrons. The number of amides is 2. The topological polar surface area (TPSA) is 69.6 Å². The Kier molecular flexibility index (Phi) is 4.23. The molecule has 2 atom stereocenters. The van der Waals surface area contributed by atoms with E-state index in [4.69, 9.17) is 6.42 Å². The van der Waals surface area contributed by atoms with Crippen LogP contribution >= 0.6 is 0 Å². The van der Waals surface area contributed by atoms with Crippen molar-refractivity contribution in [2.75, 3.05) is 13.1 Å². The Morgan fingerprint density at radius 1 is 1.44 bits per heavy atom. The van der Waals surface area contributed by atoms with Gasteiger partial charge in [0.05, 0.1) is 11.5 Å². The van der Waals surface area contributed by atoms with Crippen molar-refractivity contribution in [3.63, 3.8) is 0 Å². The molecule has 1 heterocycles. The average Bonchev–Trinajstić information content (AvgIpc) is 2.74. The van der Waals surface area contributed by atoms with E-state index < -0.39 is 11.4 Å². The first-order chi connectivity index (χ1) is 8.33. The molecular weight excluding hydrogens is 232 g/mol. The van der Waals surface area contributed by atoms with E-state index in [1.54, 1.807) is 6.92 Å². The Morgan fingerprint density at radius 3 is 2.44 bits per heavy atom. The Hall–Kier alpha value is -1.70. The summed E-state index contributed by atoms with van der Waals surface area (Å²) in [6, 6.07) is -0.638. The second kappa shape index (κ2) is 5.30. The van der Waals surface area contributed by atoms with Crippen molar-refractivity contribution in [1.29, 1.82) is 0 Å². The molecule has 0 bridgehead atoms. The van der Waals surface area contributed by atoms with E-state index in [1.165, 1.54) is 4.90 Å². The summed E-state index contributed by atoms with van der Waals surface area (Å²) in [5, 5.41) is 12.0. The molecule has 2 N–H and O–H groups in total. The first-order valence-electron chi connectivity index (χ1n) is 6.08. The van der Waals surface area contributed by atoms with Gasteiger partial charge in [0, 0.05) is 13.1 Å². The molecule has 1 rings (SSSR count). The molecule has 2 amide bonds. The van der Waals surface area contributed by atoms with Gasteiger partial charge in [0.15, 0.2) is 0 Å². The minimum absolute atomic E-state index is 0.0159. The lowest BCUT2D eigenvalue weighted by molar-refractivity contribution is -0.150. The van der Waals surface area contributed by atoms with E-state index in [1.807, 2.05) is 13.8 Å². The van der Waals surface area contributed by atoms with Crippen molar-refractivity contribution in [2.24, 2.45) is 11.3 Å². The van der Waals surface area contributed by atoms with Crippen molar-refractivity contribution in [2.45, 2.75) is 33.2 Å². The molecule has 1 fully saturated rings. The number of nitrogens with zero attached hydrogens (tertiary/aromatic N) is 1. The van der Waals surface area contributed by atoms with Crippen LogP contribution in [0.3, 0.4) is 0 Å². The van der Waals surface area contributed by atoms with E-state index in [0.29, 0.717) is 13.0 Å². The first-order valence-corrected chi connectivity index (χ1v) is 6.08. The predicted octanol–water partition coefficient (Wildman–Crippen LogP) is 1.15. The largest absolute Gasteiger partial charge is 0.481 e. The SMILES string of the molecule is C#CC(C)NC(=O)N1CCC(C(=O)O)(C(C)C)C1. The van der Waals surface area contributed by atoms with E-state index >= 15 is 0 Å². The Bertz CT molecular complexity index is 386. The van der Waals surface area contributed by atoms with Crippen LogP contribution in [-0.2, 0) is 4.79 Å². The van der Waals surface area contributed by atoms with Crippen LogP contribution in [0.25, 0.3) is 0 Å². The van der Waals surface area contributed by atoms with Gasteiger partial charge < -0.3 is 15.3 Å². The molecule has 0 aromatic carbocycles. The molecule has 1 aliphatic rings. The second-order valence-corrected chi connectivity index (χ2v) is 5.13. The molecule has 0 aromatic heterocycles. The first kappa shape index (κ1) is 14.4. The molecular formula is C13H20N2O3. The third-order valence-electron chi connectivity index (χ3n) is 3.71. The molecule has 5 nitrogen and oxygen atoms in total. The number of carboxylic acids is 1. The number of nitrogens with one attached hydrogen (secondary N) is 1. The second-order valence-electron chi connectivity index (χ2n) is 5.13. The van der Waals surface area contributed by atoms with Crippen LogP contribution in [0.1, 0.15) is 27.2 Å². The molecule has 0 saturated carbocycles. The molecule has 1 aliphatic heterocycles. The molecule has 18 heavy (non-hydrogen) atoms. The lowest BCUT2D eigenvalue weighted by atomic mass is 9.76. The van der Waals surface area contributed by atoms with E-state index in [0.717, 1.165) is 0 Å². The van der Waals surface area contributed by atoms with Gasteiger partial charge in [0.25, 0.3) is 0 Å². The zero-order valence-electron chi connectivity index (χ0n) is 11.1. The standard InChI is InChI=1S/C13H20N2O3/c1-5-10(4)14-12(18)15-7-6-13(8-15,9(2)3)11(16)17/h1,9-10H,6-8H2,2-4H3,(H,14,18)(H,16,17). The highest BCUT2D eigenvalue weighted by Crippen LogP contribution is 2.38. The highest BCUT2D eigenvalue weighted by Gasteiger charge is 2.48. The van der Waals surface area contributed by atoms with E-state index in [-0.39, 0.29) is 24.5 Å². The van der Waals surface area contributed by atoms with E-state index in [2.05, 4.69) is 11.2 Å². The minimum Gasteiger partial charge on any atom is -0.481 e. The zero-order chi connectivity index (χ0) is 13.9. The maximum Gasteiger partial charge on any atom is 0.318 e. The zero-order valence-corrected chi connectivity index (χ0v) is 11.1. The Balaban J connectivity index is 2.73. The van der Waals surface area contributed by atoms with Gasteiger partial charge in [-0.05, 0) is 19.3 Å². The number of terminal acetylenes is 1. The van der Waals surface area contributed by atoms with Gasteiger partial charge >= 0.3 is 12.0 Å². The van der Waals surface area contributed by atoms with Gasteiger partial charge in [-0.1, -0.05) is 19.8 Å². The molecule has 0 aromatic rings. The summed E-state index contributed by atoms with van der Waals surface area (Å²) in [6.07, 6.45) is 5.68. The smallest absolute Gasteiger partial charge is 0.318 e. The van der Waals surface area contributed by atoms with Crippen molar-refractivity contribution in [1.82, 2.24) is 10.2 Å². The van der Waals surface area contributed by atoms with Gasteiger partial charge in [0.1, 0.15) is 0 Å². The Labute approximate surface area is 108 Å². The van der Waals surface area contributed by atoms with Crippen molar-refractivity contribution >= 4 is 12.0 Å². The number of carbonyl (C=O) groups excluding carboxylic acids is 1. The van der Waals surface area contributed by atoms with Crippen LogP contribution in [0, 0.1) is 23.7 Å². The number of aliphatic carboxylic acids is 1. The number of hydrogen-bond acceptors (Lipinski definition) is 2. The van der Waals surface area contributed by atoms with Gasteiger partial charge in [-0.15, -0.1) is 6.42 Å². The third-order valence-corrected chi connectivity index (χ3v) is 3.71. The molecule has 100 valence electrons. The van der Waals surface area contributed by atoms with Crippen LogP contribution in [0.5, 0.6) is 0 Å². The monoisotopic (exact) mass is 252 g/mol. The maximum atomic E-state index is 11.9. The molecule has 0 aliphatic carbocycles. The van der Waals surface area contributed by atoms with Crippen LogP contribution in [0.15, 0.2) is 0 Å². The van der Waals surface area contributed by atoms with Gasteiger partial charge in [0.2, 0.25) is 0 Å².